The van der Waals surface area contributed by atoms with Gasteiger partial charge in [0.15, 0.2) is 6.17 Å². The molecule has 19 heavy (non-hydrogen) atoms. The van der Waals surface area contributed by atoms with Crippen molar-refractivity contribution in [2.45, 2.75) is 36.1 Å². The molecule has 3 atom stereocenters. The molecule has 1 N–H and O–H groups in total. The van der Waals surface area contributed by atoms with Crippen molar-refractivity contribution < 1.29 is 52.5 Å². The van der Waals surface area contributed by atoms with Crippen molar-refractivity contribution in [3.8, 4) is 0 Å². The molecule has 116 valence electrons. The topological polar surface area (TPSA) is 54.4 Å². The molecule has 0 heterocycles. The van der Waals surface area contributed by atoms with Gasteiger partial charge in [0.2, 0.25) is 6.17 Å². The maximum atomic E-state index is 12.7. The maximum absolute atomic E-state index is 12.7. The molecule has 0 amide bonds. The van der Waals surface area contributed by atoms with Gasteiger partial charge in [-0.05, 0) is 0 Å². The summed E-state index contributed by atoms with van der Waals surface area (Å²) in [4.78, 5) is 0. The van der Waals surface area contributed by atoms with Crippen molar-refractivity contribution in [3.05, 3.63) is 0 Å². The smallest absolute Gasteiger partial charge is 0.283 e. The van der Waals surface area contributed by atoms with E-state index in [2.05, 4.69) is 0 Å². The highest BCUT2D eigenvalue weighted by Crippen LogP contribution is 2.45. The molecule has 0 saturated carbocycles. The molecule has 0 aliphatic carbocycles. The van der Waals surface area contributed by atoms with E-state index in [1.54, 1.807) is 0 Å². The van der Waals surface area contributed by atoms with Crippen LogP contribution in [0.5, 0.6) is 0 Å². The minimum atomic E-state index is -6.46. The Morgan fingerprint density at radius 1 is 0.842 bits per heavy atom. The molecule has 0 radical (unpaired) electrons. The minimum Gasteiger partial charge on any atom is -0.283 e. The molecule has 0 bridgehead atoms. The molecular formula is C6H5F9O3S. The quantitative estimate of drug-likeness (QED) is 0.602. The lowest BCUT2D eigenvalue weighted by molar-refractivity contribution is -0.265. The monoisotopic (exact) mass is 328 g/mol. The molecule has 0 rings (SSSR count). The van der Waals surface area contributed by atoms with Crippen LogP contribution in [0, 0.1) is 0 Å². The molecule has 0 fully saturated rings. The van der Waals surface area contributed by atoms with Gasteiger partial charge in [-0.1, -0.05) is 0 Å². The highest BCUT2D eigenvalue weighted by Gasteiger charge is 2.71. The molecule has 3 unspecified atom stereocenters. The van der Waals surface area contributed by atoms with Crippen LogP contribution in [0.2, 0.25) is 0 Å². The average Bonchev–Trinajstić information content (AvgIpc) is 2.23. The van der Waals surface area contributed by atoms with Gasteiger partial charge in [-0.2, -0.15) is 26.0 Å². The Hall–Kier alpha value is -0.720. The molecule has 0 aliphatic heterocycles. The Labute approximate surface area is 99.7 Å². The molecule has 0 aromatic carbocycles. The van der Waals surface area contributed by atoms with E-state index in [0.717, 1.165) is 0 Å². The third kappa shape index (κ3) is 3.43. The summed E-state index contributed by atoms with van der Waals surface area (Å²) in [6.07, 6.45) is -13.7. The Morgan fingerprint density at radius 3 is 1.47 bits per heavy atom. The molecular weight excluding hydrogens is 323 g/mol. The lowest BCUT2D eigenvalue weighted by Gasteiger charge is -2.30. The van der Waals surface area contributed by atoms with Gasteiger partial charge in [0.05, 0.1) is 0 Å². The summed E-state index contributed by atoms with van der Waals surface area (Å²) >= 11 is 0. The van der Waals surface area contributed by atoms with Crippen LogP contribution in [-0.2, 0) is 10.1 Å². The Balaban J connectivity index is 5.51. The van der Waals surface area contributed by atoms with Crippen LogP contribution in [0.3, 0.4) is 0 Å². The summed E-state index contributed by atoms with van der Waals surface area (Å²) in [6, 6.07) is 0. The van der Waals surface area contributed by atoms with E-state index < -0.39 is 46.2 Å². The number of hydrogen-bond acceptors (Lipinski definition) is 2. The average molecular weight is 328 g/mol. The first-order valence-electron chi connectivity index (χ1n) is 4.09. The van der Waals surface area contributed by atoms with Gasteiger partial charge in [0, 0.05) is 0 Å². The minimum absolute atomic E-state index is 4.41. The van der Waals surface area contributed by atoms with Gasteiger partial charge >= 0.3 is 22.0 Å². The largest absolute Gasteiger partial charge is 0.360 e. The van der Waals surface area contributed by atoms with Gasteiger partial charge in [-0.15, -0.1) is 0 Å². The van der Waals surface area contributed by atoms with E-state index in [-0.39, 0.29) is 0 Å². The summed E-state index contributed by atoms with van der Waals surface area (Å²) in [5.41, 5.74) is -5.02. The van der Waals surface area contributed by atoms with Gasteiger partial charge in [0.1, 0.15) is 0 Å². The predicted octanol–water partition coefficient (Wildman–Crippen LogP) is 2.38. The normalized spacial score (nSPS) is 19.3. The van der Waals surface area contributed by atoms with E-state index >= 15 is 0 Å². The first-order valence-corrected chi connectivity index (χ1v) is 5.60. The first-order chi connectivity index (χ1) is 8.17. The number of hydrogen-bond donors (Lipinski definition) is 1. The summed E-state index contributed by atoms with van der Waals surface area (Å²) in [5.74, 6) is -12.9. The number of halogens is 9. The summed E-state index contributed by atoms with van der Waals surface area (Å²) in [5, 5.41) is 0. The summed E-state index contributed by atoms with van der Waals surface area (Å²) in [6.45, 7) is 0. The second kappa shape index (κ2) is 5.34. The van der Waals surface area contributed by atoms with Gasteiger partial charge < -0.3 is 0 Å². The lowest BCUT2D eigenvalue weighted by Crippen LogP contribution is -2.58. The zero-order chi connectivity index (χ0) is 15.8. The van der Waals surface area contributed by atoms with Crippen molar-refractivity contribution in [2.75, 3.05) is 0 Å². The molecule has 0 aliphatic rings. The molecule has 0 saturated heterocycles. The predicted molar refractivity (Wildman–Crippen MR) is 42.1 cm³/mol. The molecule has 0 aromatic heterocycles. The standard InChI is InChI=1S/C6H5F9O3S/c7-1(3(9)10)2(8)5(12,13)6(14,15)4(11)19(16,17)18/h1-4H,(H,16,17,18). The van der Waals surface area contributed by atoms with Gasteiger partial charge in [-0.25, -0.2) is 22.0 Å². The van der Waals surface area contributed by atoms with Crippen LogP contribution >= 0.6 is 0 Å². The van der Waals surface area contributed by atoms with Gasteiger partial charge in [-0.3, -0.25) is 4.55 Å². The van der Waals surface area contributed by atoms with Crippen LogP contribution in [0.1, 0.15) is 0 Å². The SMILES string of the molecule is O=S(=O)(O)C(F)C(F)(F)C(F)(F)C(F)C(F)C(F)F. The lowest BCUT2D eigenvalue weighted by atomic mass is 10.0. The Kier molecular flexibility index (Phi) is 5.14. The molecule has 13 heteroatoms. The van der Waals surface area contributed by atoms with E-state index in [4.69, 9.17) is 4.55 Å². The van der Waals surface area contributed by atoms with Crippen LogP contribution in [0.25, 0.3) is 0 Å². The number of alkyl halides is 9. The summed E-state index contributed by atoms with van der Waals surface area (Å²) in [7, 11) is -6.40. The van der Waals surface area contributed by atoms with Crippen molar-refractivity contribution in [1.82, 2.24) is 0 Å². The summed E-state index contributed by atoms with van der Waals surface area (Å²) < 4.78 is 139. The van der Waals surface area contributed by atoms with Crippen molar-refractivity contribution in [2.24, 2.45) is 0 Å². The highest BCUT2D eigenvalue weighted by molar-refractivity contribution is 7.86. The molecule has 0 spiro atoms. The molecule has 3 nitrogen and oxygen atoms in total. The Bertz CT molecular complexity index is 408. The fourth-order valence-electron chi connectivity index (χ4n) is 0.850. The maximum Gasteiger partial charge on any atom is 0.360 e. The van der Waals surface area contributed by atoms with E-state index in [9.17, 15) is 47.9 Å². The fraction of sp³-hybridized carbons (Fsp3) is 1.00. The van der Waals surface area contributed by atoms with Crippen LogP contribution < -0.4 is 0 Å². The van der Waals surface area contributed by atoms with Crippen LogP contribution in [0.4, 0.5) is 39.5 Å². The van der Waals surface area contributed by atoms with Crippen molar-refractivity contribution in [3.63, 3.8) is 0 Å². The molecule has 0 aromatic rings. The fourth-order valence-corrected chi connectivity index (χ4v) is 1.38. The zero-order valence-electron chi connectivity index (χ0n) is 8.38. The van der Waals surface area contributed by atoms with Crippen LogP contribution in [-0.4, -0.2) is 49.1 Å². The van der Waals surface area contributed by atoms with Crippen molar-refractivity contribution >= 4 is 10.1 Å². The second-order valence-electron chi connectivity index (χ2n) is 3.26. The van der Waals surface area contributed by atoms with E-state index in [1.807, 2.05) is 0 Å². The van der Waals surface area contributed by atoms with Crippen LogP contribution in [0.15, 0.2) is 0 Å². The van der Waals surface area contributed by atoms with Gasteiger partial charge in [0.25, 0.3) is 11.9 Å². The van der Waals surface area contributed by atoms with E-state index in [1.165, 1.54) is 0 Å². The zero-order valence-corrected chi connectivity index (χ0v) is 9.20. The third-order valence-electron chi connectivity index (χ3n) is 1.86. The second-order valence-corrected chi connectivity index (χ2v) is 4.70. The van der Waals surface area contributed by atoms with E-state index in [0.29, 0.717) is 0 Å². The Morgan fingerprint density at radius 2 is 1.21 bits per heavy atom. The highest BCUT2D eigenvalue weighted by atomic mass is 32.2. The number of rotatable bonds is 6. The first kappa shape index (κ1) is 18.3. The third-order valence-corrected chi connectivity index (χ3v) is 2.68. The van der Waals surface area contributed by atoms with Crippen molar-refractivity contribution in [1.29, 1.82) is 0 Å².